The predicted octanol–water partition coefficient (Wildman–Crippen LogP) is 11.3. The van der Waals surface area contributed by atoms with E-state index in [9.17, 15) is 0 Å². The molecule has 196 valence electrons. The summed E-state index contributed by atoms with van der Waals surface area (Å²) in [6.45, 7) is 0. The molecule has 0 fully saturated rings. The Bertz CT molecular complexity index is 1890. The van der Waals surface area contributed by atoms with Gasteiger partial charge in [-0.15, -0.1) is 22.7 Å². The van der Waals surface area contributed by atoms with Crippen LogP contribution < -0.4 is 4.90 Å². The molecule has 4 aromatic carbocycles. The highest BCUT2D eigenvalue weighted by molar-refractivity contribution is 7.24. The summed E-state index contributed by atoms with van der Waals surface area (Å²) in [4.78, 5) is 11.9. The van der Waals surface area contributed by atoms with Crippen LogP contribution >= 0.6 is 22.7 Å². The molecule has 0 aliphatic heterocycles. The van der Waals surface area contributed by atoms with E-state index in [1.807, 2.05) is 34.9 Å². The number of nitrogens with zero attached hydrogens (tertiary/aromatic N) is 2. The van der Waals surface area contributed by atoms with Gasteiger partial charge < -0.3 is 4.90 Å². The third-order valence-corrected chi connectivity index (χ3v) is 9.40. The Balaban J connectivity index is 1.12. The van der Waals surface area contributed by atoms with Crippen molar-refractivity contribution < 1.29 is 0 Å². The zero-order valence-corrected chi connectivity index (χ0v) is 23.9. The van der Waals surface area contributed by atoms with E-state index in [4.69, 9.17) is 0 Å². The number of para-hydroxylation sites is 3. The summed E-state index contributed by atoms with van der Waals surface area (Å²) >= 11 is 3.66. The van der Waals surface area contributed by atoms with Gasteiger partial charge in [0.1, 0.15) is 0 Å². The van der Waals surface area contributed by atoms with Crippen LogP contribution in [0.5, 0.6) is 0 Å². The molecule has 3 aromatic heterocycles. The van der Waals surface area contributed by atoms with Crippen molar-refractivity contribution in [1.82, 2.24) is 4.98 Å². The first-order chi connectivity index (χ1) is 20.3. The van der Waals surface area contributed by atoms with E-state index >= 15 is 0 Å². The van der Waals surface area contributed by atoms with Crippen LogP contribution in [0.15, 0.2) is 146 Å². The number of pyridine rings is 1. The Morgan fingerprint density at radius 2 is 1.10 bits per heavy atom. The third kappa shape index (κ3) is 5.36. The molecule has 0 radical (unpaired) electrons. The minimum Gasteiger partial charge on any atom is -0.311 e. The average molecular weight is 563 g/mol. The minimum atomic E-state index is 1.02. The lowest BCUT2D eigenvalue weighted by Gasteiger charge is -2.25. The van der Waals surface area contributed by atoms with Gasteiger partial charge in [-0.3, -0.25) is 4.98 Å². The van der Waals surface area contributed by atoms with Crippen LogP contribution in [0.2, 0.25) is 0 Å². The summed E-state index contributed by atoms with van der Waals surface area (Å²) in [6, 6.07) is 49.2. The smallest absolute Gasteiger partial charge is 0.0707 e. The molecule has 0 aliphatic carbocycles. The lowest BCUT2D eigenvalue weighted by atomic mass is 10.1. The summed E-state index contributed by atoms with van der Waals surface area (Å²) < 4.78 is 0. The number of rotatable bonds is 7. The van der Waals surface area contributed by atoms with Crippen LogP contribution in [0.1, 0.15) is 10.4 Å². The molecular formula is C37H26N2S2. The lowest BCUT2D eigenvalue weighted by molar-refractivity contribution is 1.28. The van der Waals surface area contributed by atoms with E-state index in [0.717, 1.165) is 22.6 Å². The number of fused-ring (bicyclic) bond motifs is 1. The second-order valence-corrected chi connectivity index (χ2v) is 11.9. The second kappa shape index (κ2) is 11.4. The zero-order valence-electron chi connectivity index (χ0n) is 22.2. The molecule has 0 saturated heterocycles. The van der Waals surface area contributed by atoms with Crippen LogP contribution in [-0.2, 0) is 0 Å². The Hall–Kier alpha value is -4.77. The third-order valence-electron chi connectivity index (χ3n) is 7.02. The lowest BCUT2D eigenvalue weighted by Crippen LogP contribution is -2.09. The maximum Gasteiger partial charge on any atom is 0.0707 e. The molecule has 0 spiro atoms. The maximum atomic E-state index is 4.48. The van der Waals surface area contributed by atoms with Gasteiger partial charge in [-0.05, 0) is 90.0 Å². The zero-order chi connectivity index (χ0) is 27.4. The molecule has 3 heterocycles. The van der Waals surface area contributed by atoms with Crippen LogP contribution in [0.3, 0.4) is 0 Å². The SMILES string of the molecule is C(=C\c1ccnc2ccccc12)/c1ccc(-c2ccc(-c3ccc(N(c4ccccc4)c4ccccc4)cc3)s2)s1. The number of anilines is 3. The maximum absolute atomic E-state index is 4.48. The van der Waals surface area contributed by atoms with E-state index in [2.05, 4.69) is 155 Å². The van der Waals surface area contributed by atoms with Crippen molar-refractivity contribution in [3.63, 3.8) is 0 Å². The van der Waals surface area contributed by atoms with Crippen molar-refractivity contribution in [2.24, 2.45) is 0 Å². The molecule has 0 aliphatic rings. The summed E-state index contributed by atoms with van der Waals surface area (Å²) in [5, 5.41) is 1.17. The number of benzene rings is 4. The normalized spacial score (nSPS) is 11.3. The molecule has 2 nitrogen and oxygen atoms in total. The van der Waals surface area contributed by atoms with Crippen molar-refractivity contribution in [2.45, 2.75) is 0 Å². The predicted molar refractivity (Wildman–Crippen MR) is 178 cm³/mol. The van der Waals surface area contributed by atoms with Gasteiger partial charge in [-0.2, -0.15) is 0 Å². The molecule has 0 saturated carbocycles. The Kier molecular flexibility index (Phi) is 7.00. The topological polar surface area (TPSA) is 16.1 Å². The highest BCUT2D eigenvalue weighted by Crippen LogP contribution is 2.40. The van der Waals surface area contributed by atoms with Gasteiger partial charge in [0, 0.05) is 48.2 Å². The molecule has 41 heavy (non-hydrogen) atoms. The van der Waals surface area contributed by atoms with Crippen molar-refractivity contribution in [1.29, 1.82) is 0 Å². The summed E-state index contributed by atoms with van der Waals surface area (Å²) in [5.74, 6) is 0. The monoisotopic (exact) mass is 562 g/mol. The van der Waals surface area contributed by atoms with Gasteiger partial charge in [-0.25, -0.2) is 0 Å². The molecule has 0 bridgehead atoms. The molecule has 7 aromatic rings. The summed E-state index contributed by atoms with van der Waals surface area (Å²) in [6.07, 6.45) is 6.27. The number of hydrogen-bond donors (Lipinski definition) is 0. The van der Waals surface area contributed by atoms with Gasteiger partial charge in [0.2, 0.25) is 0 Å². The van der Waals surface area contributed by atoms with Crippen molar-refractivity contribution in [2.75, 3.05) is 4.90 Å². The number of aromatic nitrogens is 1. The Labute approximate surface area is 248 Å². The van der Waals surface area contributed by atoms with E-state index < -0.39 is 0 Å². The quantitative estimate of drug-likeness (QED) is 0.192. The summed E-state index contributed by atoms with van der Waals surface area (Å²) in [7, 11) is 0. The Morgan fingerprint density at radius 3 is 1.85 bits per heavy atom. The van der Waals surface area contributed by atoms with E-state index in [0.29, 0.717) is 0 Å². The van der Waals surface area contributed by atoms with Crippen LogP contribution in [0.25, 0.3) is 43.2 Å². The van der Waals surface area contributed by atoms with Crippen molar-refractivity contribution >= 4 is 62.8 Å². The minimum absolute atomic E-state index is 1.02. The molecule has 0 atom stereocenters. The highest BCUT2D eigenvalue weighted by atomic mass is 32.1. The molecular weight excluding hydrogens is 537 g/mol. The van der Waals surface area contributed by atoms with Gasteiger partial charge >= 0.3 is 0 Å². The van der Waals surface area contributed by atoms with Crippen molar-refractivity contribution in [3.8, 4) is 20.2 Å². The van der Waals surface area contributed by atoms with E-state index in [1.54, 1.807) is 0 Å². The molecule has 0 unspecified atom stereocenters. The van der Waals surface area contributed by atoms with Gasteiger partial charge in [0.05, 0.1) is 5.52 Å². The van der Waals surface area contributed by atoms with E-state index in [-0.39, 0.29) is 0 Å². The van der Waals surface area contributed by atoms with E-state index in [1.165, 1.54) is 36.0 Å². The fraction of sp³-hybridized carbons (Fsp3) is 0. The number of thiophene rings is 2. The molecule has 4 heteroatoms. The highest BCUT2D eigenvalue weighted by Gasteiger charge is 2.13. The van der Waals surface area contributed by atoms with Gasteiger partial charge in [0.15, 0.2) is 0 Å². The van der Waals surface area contributed by atoms with Crippen molar-refractivity contribution in [3.05, 3.63) is 156 Å². The molecule has 7 rings (SSSR count). The summed E-state index contributed by atoms with van der Waals surface area (Å²) in [5.41, 5.74) is 6.86. The first-order valence-corrected chi connectivity index (χ1v) is 15.2. The van der Waals surface area contributed by atoms with Crippen LogP contribution in [0, 0.1) is 0 Å². The first-order valence-electron chi connectivity index (χ1n) is 13.5. The number of hydrogen-bond acceptors (Lipinski definition) is 4. The van der Waals surface area contributed by atoms with Crippen LogP contribution in [-0.4, -0.2) is 4.98 Å². The standard InChI is InChI=1S/C37H26N2S2/c1-3-9-29(10-4-1)39(30-11-5-2-6-12-30)31-18-15-28(16-19-31)35-23-24-37(41-35)36-22-21-32(40-36)20-17-27-25-26-38-34-14-8-7-13-33(27)34/h1-26H/b20-17+. The largest absolute Gasteiger partial charge is 0.311 e. The Morgan fingerprint density at radius 1 is 0.488 bits per heavy atom. The fourth-order valence-corrected chi connectivity index (χ4v) is 7.02. The average Bonchev–Trinajstić information content (AvgIpc) is 3.72. The first kappa shape index (κ1) is 25.2. The second-order valence-electron chi connectivity index (χ2n) is 9.67. The van der Waals surface area contributed by atoms with Gasteiger partial charge in [0.25, 0.3) is 0 Å². The fourth-order valence-electron chi connectivity index (χ4n) is 5.01. The molecule has 0 amide bonds. The van der Waals surface area contributed by atoms with Gasteiger partial charge in [-0.1, -0.05) is 72.8 Å². The van der Waals surface area contributed by atoms with Crippen LogP contribution in [0.4, 0.5) is 17.1 Å². The molecule has 0 N–H and O–H groups in total.